The third kappa shape index (κ3) is 1.85. The number of carbonyl (C=O) groups is 2. The fourth-order valence-corrected chi connectivity index (χ4v) is 2.22. The number of fused-ring (bicyclic) bond motifs is 1. The summed E-state index contributed by atoms with van der Waals surface area (Å²) in [4.78, 5) is 24.8. The molecule has 0 saturated carbocycles. The van der Waals surface area contributed by atoms with Gasteiger partial charge in [-0.05, 0) is 25.1 Å². The Morgan fingerprint density at radius 2 is 2.00 bits per heavy atom. The van der Waals surface area contributed by atoms with Gasteiger partial charge >= 0.3 is 0 Å². The van der Waals surface area contributed by atoms with E-state index in [-0.39, 0.29) is 11.8 Å². The maximum Gasteiger partial charge on any atom is 0.261 e. The molecule has 6 heteroatoms. The van der Waals surface area contributed by atoms with Crippen LogP contribution in [0.3, 0.4) is 0 Å². The quantitative estimate of drug-likeness (QED) is 0.830. The lowest BCUT2D eigenvalue weighted by Crippen LogP contribution is -2.24. The largest absolute Gasteiger partial charge is 0.381 e. The molecular weight excluding hydrogens is 256 g/mol. The van der Waals surface area contributed by atoms with Crippen LogP contribution in [0.1, 0.15) is 32.0 Å². The molecule has 2 amide bonds. The van der Waals surface area contributed by atoms with Crippen LogP contribution in [-0.2, 0) is 6.54 Å². The molecule has 2 aromatic rings. The molecule has 1 aromatic heterocycles. The van der Waals surface area contributed by atoms with Crippen molar-refractivity contribution in [3.63, 3.8) is 0 Å². The number of H-pyrrole nitrogens is 1. The molecule has 0 radical (unpaired) electrons. The second-order valence-corrected chi connectivity index (χ2v) is 4.80. The van der Waals surface area contributed by atoms with Gasteiger partial charge in [-0.25, -0.2) is 0 Å². The predicted octanol–water partition coefficient (Wildman–Crippen LogP) is 1.56. The summed E-state index contributed by atoms with van der Waals surface area (Å²) in [6.45, 7) is 2.56. The summed E-state index contributed by atoms with van der Waals surface area (Å²) in [7, 11) is 1.49. The number of amides is 2. The van der Waals surface area contributed by atoms with Gasteiger partial charge in [0.1, 0.15) is 0 Å². The number of carbonyl (C=O) groups excluding carboxylic acids is 2. The summed E-state index contributed by atoms with van der Waals surface area (Å²) in [5, 5.41) is 10.0. The van der Waals surface area contributed by atoms with Gasteiger partial charge in [0.25, 0.3) is 11.8 Å². The molecule has 1 aromatic carbocycles. The highest BCUT2D eigenvalue weighted by Crippen LogP contribution is 2.25. The molecule has 6 nitrogen and oxygen atoms in total. The molecule has 0 aliphatic carbocycles. The number of rotatable bonds is 3. The Balaban J connectivity index is 1.82. The highest BCUT2D eigenvalue weighted by atomic mass is 16.2. The minimum atomic E-state index is -0.256. The predicted molar refractivity (Wildman–Crippen MR) is 73.5 cm³/mol. The molecule has 102 valence electrons. The van der Waals surface area contributed by atoms with Crippen molar-refractivity contribution in [2.24, 2.45) is 0 Å². The van der Waals surface area contributed by atoms with Crippen LogP contribution >= 0.6 is 0 Å². The first kappa shape index (κ1) is 12.4. The van der Waals surface area contributed by atoms with E-state index in [1.807, 2.05) is 6.92 Å². The third-order valence-corrected chi connectivity index (χ3v) is 3.51. The molecule has 2 heterocycles. The lowest BCUT2D eigenvalue weighted by molar-refractivity contribution is 0.0693. The smallest absolute Gasteiger partial charge is 0.261 e. The summed E-state index contributed by atoms with van der Waals surface area (Å²) in [5.74, 6) is -0.504. The van der Waals surface area contributed by atoms with Crippen molar-refractivity contribution in [2.75, 3.05) is 12.4 Å². The topological polar surface area (TPSA) is 78.1 Å². The van der Waals surface area contributed by atoms with Crippen molar-refractivity contribution in [3.8, 4) is 0 Å². The summed E-state index contributed by atoms with van der Waals surface area (Å²) in [5.41, 5.74) is 3.78. The van der Waals surface area contributed by atoms with Gasteiger partial charge in [-0.3, -0.25) is 19.6 Å². The molecule has 20 heavy (non-hydrogen) atoms. The third-order valence-electron chi connectivity index (χ3n) is 3.51. The molecule has 2 N–H and O–H groups in total. The molecule has 0 fully saturated rings. The lowest BCUT2D eigenvalue weighted by atomic mass is 10.1. The van der Waals surface area contributed by atoms with Crippen LogP contribution in [-0.4, -0.2) is 34.0 Å². The Kier molecular flexibility index (Phi) is 2.78. The average Bonchev–Trinajstić information content (AvgIpc) is 2.95. The van der Waals surface area contributed by atoms with Crippen LogP contribution < -0.4 is 5.32 Å². The van der Waals surface area contributed by atoms with Gasteiger partial charge in [-0.1, -0.05) is 0 Å². The number of aromatic amines is 1. The summed E-state index contributed by atoms with van der Waals surface area (Å²) >= 11 is 0. The van der Waals surface area contributed by atoms with E-state index in [1.165, 1.54) is 7.05 Å². The molecule has 0 atom stereocenters. The standard InChI is InChI=1S/C14H14N4O2/c1-8-9(7-16-17-8)6-15-10-3-4-11-12(5-10)14(20)18(2)13(11)19/h3-5,7,15H,6H2,1-2H3,(H,16,17). The molecular formula is C14H14N4O2. The summed E-state index contributed by atoms with van der Waals surface area (Å²) < 4.78 is 0. The summed E-state index contributed by atoms with van der Waals surface area (Å²) in [6.07, 6.45) is 1.76. The van der Waals surface area contributed by atoms with E-state index < -0.39 is 0 Å². The number of nitrogens with one attached hydrogen (secondary N) is 2. The molecule has 0 saturated heterocycles. The van der Waals surface area contributed by atoms with E-state index in [4.69, 9.17) is 0 Å². The second-order valence-electron chi connectivity index (χ2n) is 4.80. The van der Waals surface area contributed by atoms with Gasteiger partial charge in [-0.15, -0.1) is 0 Å². The SMILES string of the molecule is Cc1[nH]ncc1CNc1ccc2c(c1)C(=O)N(C)C2=O. The molecule has 0 unspecified atom stereocenters. The van der Waals surface area contributed by atoms with Crippen LogP contribution in [0.5, 0.6) is 0 Å². The number of imide groups is 1. The van der Waals surface area contributed by atoms with Gasteiger partial charge in [-0.2, -0.15) is 5.10 Å². The highest BCUT2D eigenvalue weighted by Gasteiger charge is 2.32. The molecule has 3 rings (SSSR count). The Bertz CT molecular complexity index is 705. The first-order valence-corrected chi connectivity index (χ1v) is 6.27. The molecule has 1 aliphatic rings. The number of nitrogens with zero attached hydrogens (tertiary/aromatic N) is 2. The normalized spacial score (nSPS) is 13.8. The summed E-state index contributed by atoms with van der Waals surface area (Å²) in [6, 6.07) is 5.21. The Morgan fingerprint density at radius 1 is 1.25 bits per heavy atom. The van der Waals surface area contributed by atoms with E-state index in [0.29, 0.717) is 17.7 Å². The Hall–Kier alpha value is -2.63. The number of aryl methyl sites for hydroxylation is 1. The number of benzene rings is 1. The van der Waals surface area contributed by atoms with E-state index in [0.717, 1.165) is 21.8 Å². The number of hydrogen-bond donors (Lipinski definition) is 2. The van der Waals surface area contributed by atoms with Crippen molar-refractivity contribution in [3.05, 3.63) is 46.8 Å². The molecule has 0 spiro atoms. The maximum absolute atomic E-state index is 11.9. The zero-order valence-electron chi connectivity index (χ0n) is 11.2. The minimum Gasteiger partial charge on any atom is -0.381 e. The van der Waals surface area contributed by atoms with Crippen LogP contribution in [0.2, 0.25) is 0 Å². The maximum atomic E-state index is 11.9. The van der Waals surface area contributed by atoms with Gasteiger partial charge in [0.05, 0.1) is 17.3 Å². The van der Waals surface area contributed by atoms with Crippen LogP contribution in [0.15, 0.2) is 24.4 Å². The van der Waals surface area contributed by atoms with Gasteiger partial charge in [0.15, 0.2) is 0 Å². The van der Waals surface area contributed by atoms with Crippen LogP contribution in [0.4, 0.5) is 5.69 Å². The van der Waals surface area contributed by atoms with Gasteiger partial charge < -0.3 is 5.32 Å². The van der Waals surface area contributed by atoms with Crippen LogP contribution in [0, 0.1) is 6.92 Å². The van der Waals surface area contributed by atoms with E-state index in [9.17, 15) is 9.59 Å². The average molecular weight is 270 g/mol. The van der Waals surface area contributed by atoms with E-state index >= 15 is 0 Å². The molecule has 0 bridgehead atoms. The first-order chi connectivity index (χ1) is 9.58. The second kappa shape index (κ2) is 4.48. The van der Waals surface area contributed by atoms with Crippen molar-refractivity contribution < 1.29 is 9.59 Å². The van der Waals surface area contributed by atoms with Crippen molar-refractivity contribution >= 4 is 17.5 Å². The first-order valence-electron chi connectivity index (χ1n) is 6.27. The number of aromatic nitrogens is 2. The fourth-order valence-electron chi connectivity index (χ4n) is 2.22. The Morgan fingerprint density at radius 3 is 2.70 bits per heavy atom. The zero-order valence-corrected chi connectivity index (χ0v) is 11.2. The van der Waals surface area contributed by atoms with Crippen molar-refractivity contribution in [1.29, 1.82) is 0 Å². The van der Waals surface area contributed by atoms with Crippen molar-refractivity contribution in [1.82, 2.24) is 15.1 Å². The Labute approximate surface area is 115 Å². The number of hydrogen-bond acceptors (Lipinski definition) is 4. The fraction of sp³-hybridized carbons (Fsp3) is 0.214. The lowest BCUT2D eigenvalue weighted by Gasteiger charge is -2.06. The van der Waals surface area contributed by atoms with Crippen molar-refractivity contribution in [2.45, 2.75) is 13.5 Å². The number of anilines is 1. The minimum absolute atomic E-state index is 0.248. The van der Waals surface area contributed by atoms with Gasteiger partial charge in [0.2, 0.25) is 0 Å². The van der Waals surface area contributed by atoms with E-state index in [2.05, 4.69) is 15.5 Å². The van der Waals surface area contributed by atoms with E-state index in [1.54, 1.807) is 24.4 Å². The highest BCUT2D eigenvalue weighted by molar-refractivity contribution is 6.21. The van der Waals surface area contributed by atoms with Gasteiger partial charge in [0, 0.05) is 30.5 Å². The molecule has 1 aliphatic heterocycles. The zero-order chi connectivity index (χ0) is 14.3. The van der Waals surface area contributed by atoms with Crippen LogP contribution in [0.25, 0.3) is 0 Å². The monoisotopic (exact) mass is 270 g/mol.